The van der Waals surface area contributed by atoms with Crippen LogP contribution in [-0.2, 0) is 24.2 Å². The highest BCUT2D eigenvalue weighted by Crippen LogP contribution is 2.32. The normalized spacial score (nSPS) is 15.0. The van der Waals surface area contributed by atoms with Crippen molar-refractivity contribution in [3.05, 3.63) is 39.2 Å². The lowest BCUT2D eigenvalue weighted by Gasteiger charge is -2.13. The lowest BCUT2D eigenvalue weighted by atomic mass is 10.0. The molecule has 0 radical (unpaired) electrons. The van der Waals surface area contributed by atoms with Gasteiger partial charge in [-0.1, -0.05) is 0 Å². The summed E-state index contributed by atoms with van der Waals surface area (Å²) in [4.78, 5) is 22.9. The van der Waals surface area contributed by atoms with Crippen LogP contribution in [0.25, 0.3) is 11.0 Å². The molecule has 22 heavy (non-hydrogen) atoms. The molecule has 1 heterocycles. The fraction of sp³-hybridized carbons (Fsp3) is 0.375. The number of phenolic OH excluding ortho intramolecular Hbond substituents is 1. The van der Waals surface area contributed by atoms with Crippen molar-refractivity contribution in [3.8, 4) is 5.75 Å². The molecule has 0 fully saturated rings. The molecule has 1 aliphatic rings. The van der Waals surface area contributed by atoms with Crippen LogP contribution < -0.4 is 16.0 Å². The largest absolute Gasteiger partial charge is 0.544 e. The third kappa shape index (κ3) is 2.35. The Kier molecular flexibility index (Phi) is 3.62. The van der Waals surface area contributed by atoms with E-state index in [4.69, 9.17) is 4.42 Å². The number of quaternary nitrogens is 1. The van der Waals surface area contributed by atoms with Crippen LogP contribution in [0.15, 0.2) is 21.3 Å². The second-order valence-electron chi connectivity index (χ2n) is 5.69. The Morgan fingerprint density at radius 1 is 1.41 bits per heavy atom. The highest BCUT2D eigenvalue weighted by atomic mass is 16.4. The number of hydrogen-bond acceptors (Lipinski definition) is 5. The number of carboxylic acids is 1. The van der Waals surface area contributed by atoms with Gasteiger partial charge in [-0.15, -0.1) is 0 Å². The molecule has 116 valence electrons. The molecule has 0 bridgehead atoms. The van der Waals surface area contributed by atoms with Crippen LogP contribution in [0.2, 0.25) is 0 Å². The fourth-order valence-corrected chi connectivity index (χ4v) is 2.98. The molecule has 0 aliphatic heterocycles. The van der Waals surface area contributed by atoms with Gasteiger partial charge in [-0.2, -0.15) is 0 Å². The van der Waals surface area contributed by atoms with Crippen molar-refractivity contribution < 1.29 is 24.7 Å². The first-order chi connectivity index (χ1) is 10.5. The zero-order valence-electron chi connectivity index (χ0n) is 12.2. The van der Waals surface area contributed by atoms with Gasteiger partial charge < -0.3 is 24.7 Å². The Balaban J connectivity index is 2.10. The van der Waals surface area contributed by atoms with Crippen molar-refractivity contribution in [1.82, 2.24) is 0 Å². The van der Waals surface area contributed by atoms with Gasteiger partial charge in [0, 0.05) is 10.9 Å². The van der Waals surface area contributed by atoms with Crippen LogP contribution in [0.4, 0.5) is 0 Å². The topological polar surface area (TPSA) is 107 Å². The molecule has 1 atom stereocenters. The smallest absolute Gasteiger partial charge is 0.339 e. The van der Waals surface area contributed by atoms with E-state index in [1.165, 1.54) is 12.2 Å². The quantitative estimate of drug-likeness (QED) is 0.718. The van der Waals surface area contributed by atoms with E-state index in [0.717, 1.165) is 35.8 Å². The molecule has 1 unspecified atom stereocenters. The zero-order valence-corrected chi connectivity index (χ0v) is 12.2. The second kappa shape index (κ2) is 5.46. The Morgan fingerprint density at radius 2 is 2.14 bits per heavy atom. The lowest BCUT2D eigenvalue weighted by molar-refractivity contribution is -0.695. The van der Waals surface area contributed by atoms with Crippen LogP contribution in [0.3, 0.4) is 0 Å². The van der Waals surface area contributed by atoms with Crippen molar-refractivity contribution in [2.24, 2.45) is 0 Å². The Hall–Kier alpha value is -2.34. The van der Waals surface area contributed by atoms with E-state index in [2.05, 4.69) is 0 Å². The van der Waals surface area contributed by atoms with Gasteiger partial charge in [0.1, 0.15) is 18.3 Å². The van der Waals surface area contributed by atoms with Gasteiger partial charge in [0.15, 0.2) is 5.58 Å². The minimum absolute atomic E-state index is 0.00426. The number of phenols is 1. The predicted octanol–water partition coefficient (Wildman–Crippen LogP) is -0.811. The van der Waals surface area contributed by atoms with Gasteiger partial charge in [-0.3, -0.25) is 0 Å². The van der Waals surface area contributed by atoms with Crippen molar-refractivity contribution in [2.75, 3.05) is 0 Å². The number of fused-ring (bicyclic) bond motifs is 3. The van der Waals surface area contributed by atoms with Gasteiger partial charge in [0.25, 0.3) is 0 Å². The van der Waals surface area contributed by atoms with Crippen molar-refractivity contribution in [2.45, 2.75) is 38.8 Å². The summed E-state index contributed by atoms with van der Waals surface area (Å²) in [6, 6.07) is 2.56. The first kappa shape index (κ1) is 14.6. The number of aryl methyl sites for hydroxylation is 1. The summed E-state index contributed by atoms with van der Waals surface area (Å²) >= 11 is 0. The minimum Gasteiger partial charge on any atom is -0.544 e. The number of hydrogen-bond donors (Lipinski definition) is 2. The van der Waals surface area contributed by atoms with Gasteiger partial charge in [0.05, 0.1) is 11.5 Å². The van der Waals surface area contributed by atoms with Crippen LogP contribution in [-0.4, -0.2) is 17.1 Å². The molecule has 1 aliphatic carbocycles. The fourth-order valence-electron chi connectivity index (χ4n) is 2.98. The first-order valence-corrected chi connectivity index (χ1v) is 7.32. The molecule has 0 saturated carbocycles. The van der Waals surface area contributed by atoms with Gasteiger partial charge in [-0.25, -0.2) is 4.79 Å². The van der Waals surface area contributed by atoms with Crippen molar-refractivity contribution >= 4 is 16.9 Å². The highest BCUT2D eigenvalue weighted by molar-refractivity contribution is 5.86. The molecular formula is C16H17NO5. The monoisotopic (exact) mass is 303 g/mol. The van der Waals surface area contributed by atoms with E-state index < -0.39 is 12.0 Å². The summed E-state index contributed by atoms with van der Waals surface area (Å²) in [5.41, 5.74) is 2.14. The Labute approximate surface area is 126 Å². The predicted molar refractivity (Wildman–Crippen MR) is 76.3 cm³/mol. The minimum atomic E-state index is -1.18. The van der Waals surface area contributed by atoms with Crippen molar-refractivity contribution in [1.29, 1.82) is 0 Å². The molecule has 1 aromatic carbocycles. The lowest BCUT2D eigenvalue weighted by Crippen LogP contribution is -2.90. The summed E-state index contributed by atoms with van der Waals surface area (Å²) in [5, 5.41) is 23.2. The number of aliphatic carboxylic acids is 1. The van der Waals surface area contributed by atoms with E-state index in [-0.39, 0.29) is 17.9 Å². The summed E-state index contributed by atoms with van der Waals surface area (Å²) in [5.74, 6) is -1.18. The average Bonchev–Trinajstić information content (AvgIpc) is 2.96. The number of carboxylic acid groups (broad SMARTS) is 1. The number of aromatic hydroxyl groups is 1. The standard InChI is InChI=1S/C16H17NO5/c1-8(15(19)20)17-7-12-13(18)6-5-10-9-3-2-4-11(9)16(21)22-14(10)12/h5-6,8,17-18H,2-4,7H2,1H3,(H,19,20). The van der Waals surface area contributed by atoms with E-state index in [0.29, 0.717) is 11.1 Å². The molecule has 0 saturated heterocycles. The van der Waals surface area contributed by atoms with Gasteiger partial charge in [-0.05, 0) is 43.9 Å². The Bertz CT molecular complexity index is 808. The molecular weight excluding hydrogens is 286 g/mol. The molecule has 3 rings (SSSR count). The molecule has 1 aromatic heterocycles. The molecule has 6 heteroatoms. The Morgan fingerprint density at radius 3 is 2.86 bits per heavy atom. The molecule has 2 aromatic rings. The maximum Gasteiger partial charge on any atom is 0.339 e. The maximum atomic E-state index is 12.1. The first-order valence-electron chi connectivity index (χ1n) is 7.32. The summed E-state index contributed by atoms with van der Waals surface area (Å²) < 4.78 is 5.41. The molecule has 0 spiro atoms. The summed E-state index contributed by atoms with van der Waals surface area (Å²) in [6.07, 6.45) is 2.46. The third-order valence-electron chi connectivity index (χ3n) is 4.27. The third-order valence-corrected chi connectivity index (χ3v) is 4.27. The SMILES string of the molecule is CC([NH2+]Cc1c(O)ccc2c3c(c(=O)oc12)CCC3)C(=O)[O-]. The number of rotatable bonds is 4. The van der Waals surface area contributed by atoms with Gasteiger partial charge in [0.2, 0.25) is 0 Å². The highest BCUT2D eigenvalue weighted by Gasteiger charge is 2.22. The number of carbonyl (C=O) groups excluding carboxylic acids is 1. The van der Waals surface area contributed by atoms with E-state index in [1.54, 1.807) is 12.1 Å². The average molecular weight is 303 g/mol. The summed E-state index contributed by atoms with van der Waals surface area (Å²) in [7, 11) is 0. The number of benzene rings is 1. The second-order valence-corrected chi connectivity index (χ2v) is 5.69. The van der Waals surface area contributed by atoms with Crippen molar-refractivity contribution in [3.63, 3.8) is 0 Å². The summed E-state index contributed by atoms with van der Waals surface area (Å²) in [6.45, 7) is 1.70. The van der Waals surface area contributed by atoms with Crippen LogP contribution in [0.1, 0.15) is 30.0 Å². The number of carbonyl (C=O) groups is 1. The van der Waals surface area contributed by atoms with Crippen LogP contribution in [0, 0.1) is 0 Å². The molecule has 0 amide bonds. The number of nitrogens with two attached hydrogens (primary N) is 1. The molecule has 3 N–H and O–H groups in total. The van der Waals surface area contributed by atoms with E-state index >= 15 is 0 Å². The van der Waals surface area contributed by atoms with Crippen LogP contribution >= 0.6 is 0 Å². The zero-order chi connectivity index (χ0) is 15.9. The maximum absolute atomic E-state index is 12.1. The molecule has 6 nitrogen and oxygen atoms in total. The van der Waals surface area contributed by atoms with E-state index in [9.17, 15) is 19.8 Å². The van der Waals surface area contributed by atoms with Gasteiger partial charge >= 0.3 is 5.63 Å². The van der Waals surface area contributed by atoms with Crippen LogP contribution in [0.5, 0.6) is 5.75 Å². The van der Waals surface area contributed by atoms with E-state index in [1.807, 2.05) is 0 Å².